The minimum absolute atomic E-state index is 0.00680. The number of nitrogens with one attached hydrogen (secondary N) is 1. The first-order chi connectivity index (χ1) is 11.1. The van der Waals surface area contributed by atoms with Crippen molar-refractivity contribution in [1.82, 2.24) is 20.4 Å². The Labute approximate surface area is 141 Å². The third kappa shape index (κ3) is 3.22. The molecule has 1 aliphatic heterocycles. The molecule has 1 atom stereocenters. The molecule has 3 N–H and O–H groups in total. The molecule has 1 saturated heterocycles. The van der Waals surface area contributed by atoms with Crippen molar-refractivity contribution in [3.05, 3.63) is 52.9 Å². The highest BCUT2D eigenvalue weighted by molar-refractivity contribution is 8.00. The number of hydrazine groups is 1. The van der Waals surface area contributed by atoms with E-state index >= 15 is 0 Å². The van der Waals surface area contributed by atoms with Crippen molar-refractivity contribution < 1.29 is 9.59 Å². The molecular formula is C14H12ClN5O2S. The molecule has 0 radical (unpaired) electrons. The summed E-state index contributed by atoms with van der Waals surface area (Å²) in [5.74, 6) is -0.507. The minimum atomic E-state index is -0.578. The number of benzene rings is 1. The summed E-state index contributed by atoms with van der Waals surface area (Å²) in [5, 5.41) is 1.55. The van der Waals surface area contributed by atoms with E-state index in [1.54, 1.807) is 12.1 Å². The van der Waals surface area contributed by atoms with E-state index in [1.807, 2.05) is 12.1 Å². The lowest BCUT2D eigenvalue weighted by Gasteiger charge is -2.24. The van der Waals surface area contributed by atoms with Gasteiger partial charge in [-0.05, 0) is 17.7 Å². The molecule has 1 aromatic heterocycles. The number of amides is 2. The van der Waals surface area contributed by atoms with Crippen LogP contribution in [0.3, 0.4) is 0 Å². The molecule has 1 fully saturated rings. The number of thioether (sulfide) groups is 1. The molecule has 2 amide bonds. The van der Waals surface area contributed by atoms with Crippen LogP contribution in [0.5, 0.6) is 0 Å². The van der Waals surface area contributed by atoms with E-state index in [1.165, 1.54) is 29.2 Å². The fourth-order valence-electron chi connectivity index (χ4n) is 2.10. The van der Waals surface area contributed by atoms with Gasteiger partial charge in [0.1, 0.15) is 5.37 Å². The molecule has 2 aromatic rings. The van der Waals surface area contributed by atoms with Crippen molar-refractivity contribution in [2.75, 3.05) is 11.5 Å². The Bertz CT molecular complexity index is 755. The lowest BCUT2D eigenvalue weighted by atomic mass is 10.2. The average molecular weight is 350 g/mol. The van der Waals surface area contributed by atoms with E-state index < -0.39 is 5.91 Å². The highest BCUT2D eigenvalue weighted by atomic mass is 35.5. The molecule has 9 heteroatoms. The molecule has 118 valence electrons. The number of hydrogen-bond donors (Lipinski definition) is 2. The van der Waals surface area contributed by atoms with Crippen LogP contribution in [0.4, 0.5) is 5.82 Å². The number of aromatic nitrogens is 2. The highest BCUT2D eigenvalue weighted by Crippen LogP contribution is 2.37. The number of carbonyl (C=O) groups is 2. The van der Waals surface area contributed by atoms with E-state index in [0.29, 0.717) is 5.02 Å². The van der Waals surface area contributed by atoms with Gasteiger partial charge in [-0.1, -0.05) is 23.7 Å². The Kier molecular flexibility index (Phi) is 4.35. The molecule has 0 spiro atoms. The predicted octanol–water partition coefficient (Wildman–Crippen LogP) is 1.63. The second-order valence-corrected chi connectivity index (χ2v) is 6.21. The number of rotatable bonds is 3. The fourth-order valence-corrected chi connectivity index (χ4v) is 3.34. The zero-order valence-electron chi connectivity index (χ0n) is 11.8. The molecule has 1 aliphatic rings. The van der Waals surface area contributed by atoms with E-state index in [9.17, 15) is 9.59 Å². The summed E-state index contributed by atoms with van der Waals surface area (Å²) in [6, 6.07) is 7.10. The van der Waals surface area contributed by atoms with Crippen molar-refractivity contribution >= 4 is 41.0 Å². The molecule has 2 heterocycles. The highest BCUT2D eigenvalue weighted by Gasteiger charge is 2.35. The average Bonchev–Trinajstić information content (AvgIpc) is 2.89. The standard InChI is InChI=1S/C14H12ClN5O2S/c15-9-3-1-8(2-4-9)14-20(10(21)7-23-14)19-13(22)11-12(16)18-6-5-17-11/h1-6,14H,7H2,(H2,16,18)(H,19,22). The van der Waals surface area contributed by atoms with Crippen LogP contribution in [-0.4, -0.2) is 32.5 Å². The second-order valence-electron chi connectivity index (χ2n) is 4.71. The van der Waals surface area contributed by atoms with Gasteiger partial charge in [0.2, 0.25) is 0 Å². The van der Waals surface area contributed by atoms with Crippen LogP contribution in [0, 0.1) is 0 Å². The summed E-state index contributed by atoms with van der Waals surface area (Å²) in [6.45, 7) is 0. The molecule has 0 aliphatic carbocycles. The summed E-state index contributed by atoms with van der Waals surface area (Å²) in [4.78, 5) is 32.1. The Balaban J connectivity index is 1.82. The summed E-state index contributed by atoms with van der Waals surface area (Å²) in [7, 11) is 0. The number of nitrogen functional groups attached to an aromatic ring is 1. The molecule has 0 bridgehead atoms. The van der Waals surface area contributed by atoms with Gasteiger partial charge in [0.15, 0.2) is 11.5 Å². The van der Waals surface area contributed by atoms with Crippen LogP contribution in [0.2, 0.25) is 5.02 Å². The smallest absolute Gasteiger partial charge is 0.292 e. The molecule has 0 saturated carbocycles. The zero-order chi connectivity index (χ0) is 16.4. The number of nitrogens with two attached hydrogens (primary N) is 1. The van der Waals surface area contributed by atoms with Gasteiger partial charge in [-0.2, -0.15) is 0 Å². The first-order valence-electron chi connectivity index (χ1n) is 6.63. The molecule has 7 nitrogen and oxygen atoms in total. The summed E-state index contributed by atoms with van der Waals surface area (Å²) in [6.07, 6.45) is 2.75. The molecule has 23 heavy (non-hydrogen) atoms. The van der Waals surface area contributed by atoms with Crippen LogP contribution < -0.4 is 11.2 Å². The van der Waals surface area contributed by atoms with Crippen LogP contribution in [0.15, 0.2) is 36.7 Å². The summed E-state index contributed by atoms with van der Waals surface area (Å²) < 4.78 is 0. The third-order valence-corrected chi connectivity index (χ3v) is 4.65. The topological polar surface area (TPSA) is 101 Å². The van der Waals surface area contributed by atoms with Crippen LogP contribution in [0.25, 0.3) is 0 Å². The third-order valence-electron chi connectivity index (χ3n) is 3.19. The van der Waals surface area contributed by atoms with E-state index in [-0.39, 0.29) is 28.5 Å². The monoisotopic (exact) mass is 349 g/mol. The second kappa shape index (κ2) is 6.43. The van der Waals surface area contributed by atoms with Gasteiger partial charge >= 0.3 is 0 Å². The van der Waals surface area contributed by atoms with Crippen LogP contribution in [0.1, 0.15) is 21.4 Å². The minimum Gasteiger partial charge on any atom is -0.382 e. The Hall–Kier alpha value is -2.32. The quantitative estimate of drug-likeness (QED) is 0.873. The number of hydrogen-bond acceptors (Lipinski definition) is 6. The van der Waals surface area contributed by atoms with Gasteiger partial charge < -0.3 is 5.73 Å². The van der Waals surface area contributed by atoms with Gasteiger partial charge in [0.25, 0.3) is 11.8 Å². The van der Waals surface area contributed by atoms with Gasteiger partial charge in [-0.25, -0.2) is 15.0 Å². The zero-order valence-corrected chi connectivity index (χ0v) is 13.3. The maximum atomic E-state index is 12.3. The normalized spacial score (nSPS) is 17.3. The van der Waals surface area contributed by atoms with E-state index in [2.05, 4.69) is 15.4 Å². The number of nitrogens with zero attached hydrogens (tertiary/aromatic N) is 3. The first kappa shape index (κ1) is 15.6. The number of halogens is 1. The summed E-state index contributed by atoms with van der Waals surface area (Å²) >= 11 is 7.29. The van der Waals surface area contributed by atoms with E-state index in [4.69, 9.17) is 17.3 Å². The van der Waals surface area contributed by atoms with Gasteiger partial charge in [-0.15, -0.1) is 11.8 Å². The number of anilines is 1. The molecule has 3 rings (SSSR count). The largest absolute Gasteiger partial charge is 0.382 e. The first-order valence-corrected chi connectivity index (χ1v) is 8.05. The van der Waals surface area contributed by atoms with Gasteiger partial charge in [-0.3, -0.25) is 15.0 Å². The van der Waals surface area contributed by atoms with E-state index in [0.717, 1.165) is 5.56 Å². The Morgan fingerprint density at radius 1 is 1.30 bits per heavy atom. The Morgan fingerprint density at radius 3 is 2.70 bits per heavy atom. The maximum absolute atomic E-state index is 12.3. The number of carbonyl (C=O) groups excluding carboxylic acids is 2. The molecule has 1 unspecified atom stereocenters. The predicted molar refractivity (Wildman–Crippen MR) is 87.4 cm³/mol. The lowest BCUT2D eigenvalue weighted by Crippen LogP contribution is -2.45. The van der Waals surface area contributed by atoms with Crippen molar-refractivity contribution in [2.24, 2.45) is 0 Å². The fraction of sp³-hybridized carbons (Fsp3) is 0.143. The molecular weight excluding hydrogens is 338 g/mol. The lowest BCUT2D eigenvalue weighted by molar-refractivity contribution is -0.130. The maximum Gasteiger partial charge on any atom is 0.292 e. The van der Waals surface area contributed by atoms with Crippen molar-refractivity contribution in [3.63, 3.8) is 0 Å². The summed E-state index contributed by atoms with van der Waals surface area (Å²) in [5.41, 5.74) is 9.03. The van der Waals surface area contributed by atoms with Gasteiger partial charge in [0.05, 0.1) is 5.75 Å². The van der Waals surface area contributed by atoms with Crippen molar-refractivity contribution in [3.8, 4) is 0 Å². The van der Waals surface area contributed by atoms with Crippen molar-refractivity contribution in [2.45, 2.75) is 5.37 Å². The van der Waals surface area contributed by atoms with Crippen LogP contribution in [-0.2, 0) is 4.79 Å². The Morgan fingerprint density at radius 2 is 2.00 bits per heavy atom. The van der Waals surface area contributed by atoms with Crippen LogP contribution >= 0.6 is 23.4 Å². The SMILES string of the molecule is Nc1nccnc1C(=O)NN1C(=O)CSC1c1ccc(Cl)cc1. The molecule has 1 aromatic carbocycles. The van der Waals surface area contributed by atoms with Gasteiger partial charge in [0, 0.05) is 17.4 Å². The van der Waals surface area contributed by atoms with Crippen molar-refractivity contribution in [1.29, 1.82) is 0 Å².